The van der Waals surface area contributed by atoms with Gasteiger partial charge in [0.05, 0.1) is 5.75 Å². The maximum absolute atomic E-state index is 11.1. The molecule has 1 aliphatic carbocycles. The zero-order valence-corrected chi connectivity index (χ0v) is 20.1. The highest BCUT2D eigenvalue weighted by Crippen LogP contribution is 2.48. The predicted molar refractivity (Wildman–Crippen MR) is 131 cm³/mol. The molecule has 4 heteroatoms. The SMILES string of the molecule is CC.CC.CC(=O)CSCC[C@@H]1CC2c3cccc4c3C(=CNC4)C[C@H]2N(C)C1.[HH]. The van der Waals surface area contributed by atoms with Crippen molar-refractivity contribution >= 4 is 23.1 Å². The van der Waals surface area contributed by atoms with Gasteiger partial charge in [-0.1, -0.05) is 45.9 Å². The first-order chi connectivity index (χ1) is 14.1. The number of likely N-dealkylation sites (tertiary alicyclic amines) is 1. The number of hydrogen-bond donors (Lipinski definition) is 1. The van der Waals surface area contributed by atoms with E-state index in [4.69, 9.17) is 0 Å². The molecule has 4 rings (SSSR count). The van der Waals surface area contributed by atoms with Crippen molar-refractivity contribution in [1.82, 2.24) is 10.2 Å². The fraction of sp³-hybridized carbons (Fsp3) is 0.640. The molecule has 0 radical (unpaired) electrons. The molecular weight excluding hydrogens is 376 g/mol. The highest BCUT2D eigenvalue weighted by atomic mass is 32.2. The Bertz CT molecular complexity index is 706. The number of fused-ring (bicyclic) bond motifs is 2. The summed E-state index contributed by atoms with van der Waals surface area (Å²) in [6.45, 7) is 11.8. The largest absolute Gasteiger partial charge is 0.387 e. The molecule has 29 heavy (non-hydrogen) atoms. The fourth-order valence-electron chi connectivity index (χ4n) is 4.96. The maximum Gasteiger partial charge on any atom is 0.139 e. The van der Waals surface area contributed by atoms with Crippen molar-refractivity contribution in [1.29, 1.82) is 0 Å². The standard InChI is InChI=1S/C21H28N2OS.2C2H6.H2/c1-14(24)13-25-7-6-15-8-19-18-5-3-4-16-10-22-11-17(21(16)18)9-20(19)23(2)12-15;2*1-2;/h3-5,11,15,19-20,22H,6-10,12-13H2,1-2H3;2*1-2H3;1H/t15-,19?,20-;;;/m1.../s1. The van der Waals surface area contributed by atoms with Gasteiger partial charge in [0.2, 0.25) is 0 Å². The molecule has 0 amide bonds. The monoisotopic (exact) mass is 418 g/mol. The normalized spacial score (nSPS) is 24.3. The summed E-state index contributed by atoms with van der Waals surface area (Å²) in [5.41, 5.74) is 6.09. The van der Waals surface area contributed by atoms with Gasteiger partial charge in [-0.25, -0.2) is 0 Å². The molecule has 1 saturated heterocycles. The van der Waals surface area contributed by atoms with Crippen LogP contribution in [-0.4, -0.2) is 41.8 Å². The lowest BCUT2D eigenvalue weighted by Gasteiger charge is -2.48. The van der Waals surface area contributed by atoms with E-state index < -0.39 is 0 Å². The smallest absolute Gasteiger partial charge is 0.139 e. The van der Waals surface area contributed by atoms with Gasteiger partial charge in [0.25, 0.3) is 0 Å². The zero-order chi connectivity index (χ0) is 21.4. The number of ketones is 1. The van der Waals surface area contributed by atoms with E-state index in [1.807, 2.05) is 27.7 Å². The molecule has 0 spiro atoms. The first-order valence-corrected chi connectivity index (χ1v) is 12.6. The van der Waals surface area contributed by atoms with Gasteiger partial charge >= 0.3 is 0 Å². The van der Waals surface area contributed by atoms with Crippen molar-refractivity contribution < 1.29 is 6.22 Å². The Morgan fingerprint density at radius 3 is 2.76 bits per heavy atom. The van der Waals surface area contributed by atoms with Crippen LogP contribution in [0.4, 0.5) is 0 Å². The van der Waals surface area contributed by atoms with Crippen molar-refractivity contribution in [3.05, 3.63) is 41.1 Å². The number of Topliss-reactive ketones (excluding diaryl/α,β-unsaturated/α-hetero) is 1. The molecule has 0 bridgehead atoms. The minimum Gasteiger partial charge on any atom is -0.387 e. The summed E-state index contributed by atoms with van der Waals surface area (Å²) >= 11 is 1.80. The van der Waals surface area contributed by atoms with Crippen molar-refractivity contribution in [2.45, 2.75) is 72.4 Å². The van der Waals surface area contributed by atoms with E-state index >= 15 is 0 Å². The van der Waals surface area contributed by atoms with Gasteiger partial charge in [0, 0.05) is 32.7 Å². The molecule has 2 aliphatic heterocycles. The minimum absolute atomic E-state index is 0. The van der Waals surface area contributed by atoms with Gasteiger partial charge in [-0.2, -0.15) is 11.8 Å². The van der Waals surface area contributed by atoms with Gasteiger partial charge < -0.3 is 10.2 Å². The van der Waals surface area contributed by atoms with Crippen molar-refractivity contribution in [3.8, 4) is 0 Å². The summed E-state index contributed by atoms with van der Waals surface area (Å²) in [7, 11) is 2.30. The molecule has 3 nitrogen and oxygen atoms in total. The Labute approximate surface area is 184 Å². The molecule has 0 saturated carbocycles. The van der Waals surface area contributed by atoms with E-state index in [9.17, 15) is 4.79 Å². The average Bonchev–Trinajstić information content (AvgIpc) is 2.75. The Balaban J connectivity index is 0.000000851. The number of hydrogen-bond acceptors (Lipinski definition) is 4. The third-order valence-electron chi connectivity index (χ3n) is 6.04. The first kappa shape index (κ1) is 24.0. The maximum atomic E-state index is 11.1. The number of rotatable bonds is 5. The van der Waals surface area contributed by atoms with Crippen LogP contribution < -0.4 is 5.32 Å². The number of nitrogens with one attached hydrogen (secondary N) is 1. The first-order valence-electron chi connectivity index (χ1n) is 11.5. The number of piperidine rings is 1. The molecule has 1 unspecified atom stereocenters. The molecule has 164 valence electrons. The summed E-state index contributed by atoms with van der Waals surface area (Å²) in [5.74, 6) is 3.47. The van der Waals surface area contributed by atoms with E-state index in [1.165, 1.54) is 36.9 Å². The van der Waals surface area contributed by atoms with E-state index in [-0.39, 0.29) is 1.43 Å². The summed E-state index contributed by atoms with van der Waals surface area (Å²) in [6.07, 6.45) is 5.95. The summed E-state index contributed by atoms with van der Waals surface area (Å²) < 4.78 is 0. The van der Waals surface area contributed by atoms with Crippen molar-refractivity contribution in [3.63, 3.8) is 0 Å². The zero-order valence-electron chi connectivity index (χ0n) is 19.3. The Hall–Kier alpha value is -1.26. The molecule has 1 aromatic rings. The summed E-state index contributed by atoms with van der Waals surface area (Å²) in [5, 5.41) is 3.45. The molecule has 3 atom stereocenters. The molecule has 1 N–H and O–H groups in total. The van der Waals surface area contributed by atoms with Gasteiger partial charge in [-0.15, -0.1) is 0 Å². The number of carbonyl (C=O) groups excluding carboxylic acids is 1. The molecule has 0 aromatic heterocycles. The number of thioether (sulfide) groups is 1. The van der Waals surface area contributed by atoms with Crippen LogP contribution in [0.2, 0.25) is 0 Å². The van der Waals surface area contributed by atoms with Gasteiger partial charge in [0.1, 0.15) is 5.78 Å². The van der Waals surface area contributed by atoms with Crippen LogP contribution in [0.5, 0.6) is 0 Å². The predicted octanol–water partition coefficient (Wildman–Crippen LogP) is 5.95. The lowest BCUT2D eigenvalue weighted by atomic mass is 9.68. The third-order valence-corrected chi connectivity index (χ3v) is 7.18. The van der Waals surface area contributed by atoms with E-state index in [0.29, 0.717) is 23.5 Å². The Morgan fingerprint density at radius 2 is 2.03 bits per heavy atom. The van der Waals surface area contributed by atoms with Crippen LogP contribution >= 0.6 is 11.8 Å². The number of nitrogens with zero attached hydrogens (tertiary/aromatic N) is 1. The van der Waals surface area contributed by atoms with Gasteiger partial charge in [-0.05, 0) is 67.2 Å². The molecule has 3 aliphatic rings. The van der Waals surface area contributed by atoms with Crippen LogP contribution in [-0.2, 0) is 11.3 Å². The molecule has 2 heterocycles. The third kappa shape index (κ3) is 5.67. The van der Waals surface area contributed by atoms with Gasteiger partial charge in [0.15, 0.2) is 0 Å². The summed E-state index contributed by atoms with van der Waals surface area (Å²) in [4.78, 5) is 13.7. The second kappa shape index (κ2) is 11.8. The van der Waals surface area contributed by atoms with Crippen LogP contribution in [0.1, 0.15) is 77.9 Å². The Morgan fingerprint density at radius 1 is 1.28 bits per heavy atom. The fourth-order valence-corrected chi connectivity index (χ4v) is 5.89. The topological polar surface area (TPSA) is 32.3 Å². The van der Waals surface area contributed by atoms with Crippen LogP contribution in [0, 0.1) is 5.92 Å². The number of likely N-dealkylation sites (N-methyl/N-ethyl adjacent to an activating group) is 1. The number of benzene rings is 1. The highest BCUT2D eigenvalue weighted by molar-refractivity contribution is 7.99. The van der Waals surface area contributed by atoms with Crippen LogP contribution in [0.3, 0.4) is 0 Å². The van der Waals surface area contributed by atoms with Crippen molar-refractivity contribution in [2.24, 2.45) is 5.92 Å². The number of carbonyl (C=O) groups is 1. The molecule has 1 fully saturated rings. The Kier molecular flexibility index (Phi) is 9.78. The van der Waals surface area contributed by atoms with E-state index in [0.717, 1.165) is 18.2 Å². The second-order valence-corrected chi connectivity index (χ2v) is 9.00. The second-order valence-electron chi connectivity index (χ2n) is 7.89. The quantitative estimate of drug-likeness (QED) is 0.599. The molecular formula is C25H42N2OS. The highest BCUT2D eigenvalue weighted by Gasteiger charge is 2.40. The van der Waals surface area contributed by atoms with E-state index in [2.05, 4.69) is 41.7 Å². The average molecular weight is 419 g/mol. The summed E-state index contributed by atoms with van der Waals surface area (Å²) in [6, 6.07) is 7.53. The van der Waals surface area contributed by atoms with Crippen molar-refractivity contribution in [2.75, 3.05) is 25.1 Å². The van der Waals surface area contributed by atoms with Gasteiger partial charge in [-0.3, -0.25) is 4.79 Å². The minimum atomic E-state index is 0. The molecule has 1 aromatic carbocycles. The lowest BCUT2D eigenvalue weighted by Crippen LogP contribution is -2.47. The van der Waals surface area contributed by atoms with Crippen LogP contribution in [0.25, 0.3) is 5.57 Å². The van der Waals surface area contributed by atoms with Crippen LogP contribution in [0.15, 0.2) is 24.4 Å². The lowest BCUT2D eigenvalue weighted by molar-refractivity contribution is -0.114. The van der Waals surface area contributed by atoms with E-state index in [1.54, 1.807) is 29.8 Å².